The van der Waals surface area contributed by atoms with Crippen molar-refractivity contribution < 1.29 is 0 Å². The van der Waals surface area contributed by atoms with Crippen molar-refractivity contribution in [2.45, 2.75) is 50.5 Å². The maximum absolute atomic E-state index is 4.16. The summed E-state index contributed by atoms with van der Waals surface area (Å²) in [4.78, 5) is 1.26. The molecule has 0 saturated carbocycles. The third-order valence-corrected chi connectivity index (χ3v) is 3.74. The molecule has 1 aromatic rings. The third-order valence-electron chi connectivity index (χ3n) is 2.79. The zero-order valence-corrected chi connectivity index (χ0v) is 12.1. The van der Waals surface area contributed by atoms with Crippen molar-refractivity contribution in [1.29, 1.82) is 0 Å². The van der Waals surface area contributed by atoms with E-state index in [-0.39, 0.29) is 0 Å². The van der Waals surface area contributed by atoms with E-state index in [1.54, 1.807) is 0 Å². The highest BCUT2D eigenvalue weighted by Gasteiger charge is 2.01. The van der Waals surface area contributed by atoms with Crippen LogP contribution in [0.3, 0.4) is 0 Å². The molecule has 1 aromatic heterocycles. The number of aromatic nitrogens is 2. The lowest BCUT2D eigenvalue weighted by molar-refractivity contribution is 0.502. The highest BCUT2D eigenvalue weighted by molar-refractivity contribution is 7.99. The van der Waals surface area contributed by atoms with Crippen LogP contribution in [0.15, 0.2) is 17.3 Å². The predicted molar refractivity (Wildman–Crippen MR) is 75.5 cm³/mol. The van der Waals surface area contributed by atoms with Crippen LogP contribution in [0.25, 0.3) is 0 Å². The molecule has 0 amide bonds. The average molecular weight is 255 g/mol. The Hall–Kier alpha value is -0.480. The largest absolute Gasteiger partial charge is 0.313 e. The van der Waals surface area contributed by atoms with E-state index in [4.69, 9.17) is 0 Å². The Bertz CT molecular complexity index is 299. The van der Waals surface area contributed by atoms with Crippen LogP contribution in [0.1, 0.15) is 39.5 Å². The van der Waals surface area contributed by atoms with E-state index in [0.717, 1.165) is 12.3 Å². The molecule has 4 heteroatoms. The molecular weight excluding hydrogens is 230 g/mol. The summed E-state index contributed by atoms with van der Waals surface area (Å²) in [6.07, 6.45) is 9.30. The minimum atomic E-state index is 0.649. The van der Waals surface area contributed by atoms with Crippen molar-refractivity contribution in [1.82, 2.24) is 15.1 Å². The minimum absolute atomic E-state index is 0.649. The number of hydrogen-bond acceptors (Lipinski definition) is 3. The second-order valence-electron chi connectivity index (χ2n) is 4.55. The molecule has 1 heterocycles. The molecule has 0 saturated heterocycles. The Morgan fingerprint density at radius 2 is 2.29 bits per heavy atom. The van der Waals surface area contributed by atoms with E-state index in [1.807, 2.05) is 29.7 Å². The van der Waals surface area contributed by atoms with E-state index >= 15 is 0 Å². The van der Waals surface area contributed by atoms with Gasteiger partial charge in [0, 0.05) is 36.5 Å². The number of thioether (sulfide) groups is 1. The first kappa shape index (κ1) is 14.6. The molecule has 98 valence electrons. The van der Waals surface area contributed by atoms with Crippen molar-refractivity contribution >= 4 is 11.8 Å². The van der Waals surface area contributed by atoms with E-state index < -0.39 is 0 Å². The summed E-state index contributed by atoms with van der Waals surface area (Å²) in [5, 5.41) is 7.73. The number of hydrogen-bond donors (Lipinski definition) is 1. The van der Waals surface area contributed by atoms with Gasteiger partial charge in [0.25, 0.3) is 0 Å². The fourth-order valence-corrected chi connectivity index (χ4v) is 2.55. The summed E-state index contributed by atoms with van der Waals surface area (Å²) in [7, 11) is 1.96. The van der Waals surface area contributed by atoms with Crippen LogP contribution in [0.2, 0.25) is 0 Å². The van der Waals surface area contributed by atoms with Gasteiger partial charge in [0.1, 0.15) is 0 Å². The van der Waals surface area contributed by atoms with E-state index in [1.165, 1.54) is 30.6 Å². The number of aryl methyl sites for hydroxylation is 1. The van der Waals surface area contributed by atoms with Gasteiger partial charge in [0.05, 0.1) is 6.20 Å². The van der Waals surface area contributed by atoms with Crippen LogP contribution in [0, 0.1) is 0 Å². The van der Waals surface area contributed by atoms with Crippen LogP contribution >= 0.6 is 11.8 Å². The number of rotatable bonds is 9. The Morgan fingerprint density at radius 3 is 2.94 bits per heavy atom. The molecule has 17 heavy (non-hydrogen) atoms. The molecule has 1 N–H and O–H groups in total. The lowest BCUT2D eigenvalue weighted by atomic mass is 10.1. The molecule has 0 bridgehead atoms. The average Bonchev–Trinajstić information content (AvgIpc) is 2.71. The molecule has 1 unspecified atom stereocenters. The van der Waals surface area contributed by atoms with Gasteiger partial charge in [-0.25, -0.2) is 0 Å². The van der Waals surface area contributed by atoms with E-state index in [2.05, 4.69) is 30.5 Å². The molecular formula is C13H25N3S. The van der Waals surface area contributed by atoms with Gasteiger partial charge in [0.15, 0.2) is 0 Å². The second-order valence-corrected chi connectivity index (χ2v) is 5.72. The highest BCUT2D eigenvalue weighted by atomic mass is 32.2. The Kier molecular flexibility index (Phi) is 7.37. The summed E-state index contributed by atoms with van der Waals surface area (Å²) in [6, 6.07) is 0.649. The molecule has 3 nitrogen and oxygen atoms in total. The number of nitrogens with one attached hydrogen (secondary N) is 1. The van der Waals surface area contributed by atoms with Gasteiger partial charge in [-0.15, -0.1) is 11.8 Å². The SMILES string of the molecule is CCCCCC(C)NCCSc1cnn(C)c1. The topological polar surface area (TPSA) is 29.9 Å². The van der Waals surface area contributed by atoms with Gasteiger partial charge in [-0.05, 0) is 13.3 Å². The van der Waals surface area contributed by atoms with Gasteiger partial charge in [-0.1, -0.05) is 26.2 Å². The Labute approximate surface area is 109 Å². The minimum Gasteiger partial charge on any atom is -0.313 e. The monoisotopic (exact) mass is 255 g/mol. The standard InChI is InChI=1S/C13H25N3S/c1-4-5-6-7-12(2)14-8-9-17-13-10-15-16(3)11-13/h10-12,14H,4-9H2,1-3H3. The zero-order chi connectivity index (χ0) is 12.5. The van der Waals surface area contributed by atoms with E-state index in [9.17, 15) is 0 Å². The Balaban J connectivity index is 2.00. The molecule has 1 rings (SSSR count). The number of nitrogens with zero attached hydrogens (tertiary/aromatic N) is 2. The van der Waals surface area contributed by atoms with Crippen molar-refractivity contribution in [3.63, 3.8) is 0 Å². The first-order valence-electron chi connectivity index (χ1n) is 6.57. The lowest BCUT2D eigenvalue weighted by Crippen LogP contribution is -2.28. The van der Waals surface area contributed by atoms with Crippen LogP contribution in [0.4, 0.5) is 0 Å². The molecule has 0 radical (unpaired) electrons. The predicted octanol–water partition coefficient (Wildman–Crippen LogP) is 3.07. The highest BCUT2D eigenvalue weighted by Crippen LogP contribution is 2.15. The van der Waals surface area contributed by atoms with Crippen LogP contribution < -0.4 is 5.32 Å². The van der Waals surface area contributed by atoms with Crippen LogP contribution in [0.5, 0.6) is 0 Å². The quantitative estimate of drug-likeness (QED) is 0.543. The molecule has 0 aliphatic rings. The first-order valence-corrected chi connectivity index (χ1v) is 7.55. The smallest absolute Gasteiger partial charge is 0.0625 e. The van der Waals surface area contributed by atoms with Crippen LogP contribution in [-0.4, -0.2) is 28.1 Å². The van der Waals surface area contributed by atoms with Crippen molar-refractivity contribution in [3.05, 3.63) is 12.4 Å². The summed E-state index contributed by atoms with van der Waals surface area (Å²) < 4.78 is 1.85. The van der Waals surface area contributed by atoms with Crippen molar-refractivity contribution in [2.75, 3.05) is 12.3 Å². The fourth-order valence-electron chi connectivity index (χ4n) is 1.75. The van der Waals surface area contributed by atoms with Gasteiger partial charge < -0.3 is 5.32 Å². The number of unbranched alkanes of at least 4 members (excludes halogenated alkanes) is 2. The summed E-state index contributed by atoms with van der Waals surface area (Å²) in [6.45, 7) is 5.61. The fraction of sp³-hybridized carbons (Fsp3) is 0.769. The van der Waals surface area contributed by atoms with Gasteiger partial charge in [0.2, 0.25) is 0 Å². The normalized spacial score (nSPS) is 12.9. The van der Waals surface area contributed by atoms with Gasteiger partial charge in [-0.2, -0.15) is 5.10 Å². The molecule has 0 aliphatic carbocycles. The molecule has 0 aliphatic heterocycles. The molecule has 0 spiro atoms. The van der Waals surface area contributed by atoms with E-state index in [0.29, 0.717) is 6.04 Å². The molecule has 0 fully saturated rings. The maximum Gasteiger partial charge on any atom is 0.0625 e. The summed E-state index contributed by atoms with van der Waals surface area (Å²) in [5.74, 6) is 1.11. The third kappa shape index (κ3) is 6.74. The first-order chi connectivity index (χ1) is 8.22. The van der Waals surface area contributed by atoms with Crippen molar-refractivity contribution in [2.24, 2.45) is 7.05 Å². The summed E-state index contributed by atoms with van der Waals surface area (Å²) in [5.41, 5.74) is 0. The molecule has 1 atom stereocenters. The van der Waals surface area contributed by atoms with Crippen molar-refractivity contribution in [3.8, 4) is 0 Å². The maximum atomic E-state index is 4.16. The zero-order valence-electron chi connectivity index (χ0n) is 11.3. The second kappa shape index (κ2) is 8.59. The van der Waals surface area contributed by atoms with Crippen LogP contribution in [-0.2, 0) is 7.05 Å². The molecule has 0 aromatic carbocycles. The Morgan fingerprint density at radius 1 is 1.47 bits per heavy atom. The van der Waals surface area contributed by atoms with Gasteiger partial charge in [-0.3, -0.25) is 4.68 Å². The summed E-state index contributed by atoms with van der Waals surface area (Å²) >= 11 is 1.87. The van der Waals surface area contributed by atoms with Gasteiger partial charge >= 0.3 is 0 Å². The lowest BCUT2D eigenvalue weighted by Gasteiger charge is -2.12.